The first-order chi connectivity index (χ1) is 11.6. The van der Waals surface area contributed by atoms with Gasteiger partial charge in [-0.15, -0.1) is 0 Å². The van der Waals surface area contributed by atoms with Crippen LogP contribution < -0.4 is 5.32 Å². The molecule has 2 aromatic rings. The van der Waals surface area contributed by atoms with Crippen LogP contribution in [-0.2, 0) is 11.3 Å². The molecule has 0 heterocycles. The molecule has 0 unspecified atom stereocenters. The van der Waals surface area contributed by atoms with Crippen LogP contribution >= 0.6 is 0 Å². The Morgan fingerprint density at radius 2 is 1.75 bits per heavy atom. The van der Waals surface area contributed by atoms with Crippen LogP contribution in [0.2, 0.25) is 0 Å². The van der Waals surface area contributed by atoms with Crippen molar-refractivity contribution in [2.75, 3.05) is 6.54 Å². The van der Waals surface area contributed by atoms with Gasteiger partial charge < -0.3 is 10.1 Å². The van der Waals surface area contributed by atoms with Crippen LogP contribution in [0.1, 0.15) is 17.5 Å². The van der Waals surface area contributed by atoms with E-state index in [1.54, 1.807) is 0 Å². The highest BCUT2D eigenvalue weighted by molar-refractivity contribution is 5.67. The fraction of sp³-hybridized carbons (Fsp3) is 0.167. The third-order valence-corrected chi connectivity index (χ3v) is 2.97. The van der Waals surface area contributed by atoms with Gasteiger partial charge >= 0.3 is 6.09 Å². The molecule has 2 rings (SSSR count). The molecule has 24 heavy (non-hydrogen) atoms. The SMILES string of the molecule is O=C(NCCC#Cc1cc(F)c(F)cc1F)OCc1ccccc1. The van der Waals surface area contributed by atoms with Crippen LogP contribution in [0, 0.1) is 29.3 Å². The highest BCUT2D eigenvalue weighted by Gasteiger charge is 2.07. The number of ether oxygens (including phenoxy) is 1. The van der Waals surface area contributed by atoms with E-state index in [0.717, 1.165) is 5.56 Å². The van der Waals surface area contributed by atoms with Crippen molar-refractivity contribution in [2.45, 2.75) is 13.0 Å². The molecule has 2 aromatic carbocycles. The summed E-state index contributed by atoms with van der Waals surface area (Å²) in [6, 6.07) is 10.3. The monoisotopic (exact) mass is 333 g/mol. The number of nitrogens with one attached hydrogen (secondary N) is 1. The Kier molecular flexibility index (Phi) is 6.26. The van der Waals surface area contributed by atoms with Crippen molar-refractivity contribution in [1.29, 1.82) is 0 Å². The highest BCUT2D eigenvalue weighted by atomic mass is 19.2. The van der Waals surface area contributed by atoms with Crippen molar-refractivity contribution in [3.63, 3.8) is 0 Å². The number of hydrogen-bond acceptors (Lipinski definition) is 2. The third-order valence-electron chi connectivity index (χ3n) is 2.97. The molecule has 3 nitrogen and oxygen atoms in total. The Labute approximate surface area is 137 Å². The molecule has 0 fully saturated rings. The van der Waals surface area contributed by atoms with Gasteiger partial charge in [0.15, 0.2) is 11.6 Å². The minimum atomic E-state index is -1.26. The average Bonchev–Trinajstić information content (AvgIpc) is 2.58. The molecule has 0 spiro atoms. The molecular formula is C18H14F3NO2. The number of benzene rings is 2. The van der Waals surface area contributed by atoms with E-state index >= 15 is 0 Å². The van der Waals surface area contributed by atoms with Crippen molar-refractivity contribution in [3.8, 4) is 11.8 Å². The fourth-order valence-electron chi connectivity index (χ4n) is 1.78. The van der Waals surface area contributed by atoms with Crippen LogP contribution in [0.5, 0.6) is 0 Å². The van der Waals surface area contributed by atoms with Crippen LogP contribution in [0.4, 0.5) is 18.0 Å². The van der Waals surface area contributed by atoms with Crippen LogP contribution in [-0.4, -0.2) is 12.6 Å². The largest absolute Gasteiger partial charge is 0.445 e. The van der Waals surface area contributed by atoms with Gasteiger partial charge in [-0.1, -0.05) is 42.2 Å². The predicted octanol–water partition coefficient (Wildman–Crippen LogP) is 3.77. The molecule has 0 radical (unpaired) electrons. The lowest BCUT2D eigenvalue weighted by molar-refractivity contribution is 0.140. The van der Waals surface area contributed by atoms with Crippen molar-refractivity contribution in [3.05, 3.63) is 71.0 Å². The van der Waals surface area contributed by atoms with E-state index in [9.17, 15) is 18.0 Å². The molecule has 0 bridgehead atoms. The minimum absolute atomic E-state index is 0.151. The summed E-state index contributed by atoms with van der Waals surface area (Å²) in [5, 5.41) is 2.48. The second-order valence-corrected chi connectivity index (χ2v) is 4.79. The maximum Gasteiger partial charge on any atom is 0.407 e. The van der Waals surface area contributed by atoms with Crippen molar-refractivity contribution in [2.24, 2.45) is 0 Å². The van der Waals surface area contributed by atoms with Crippen LogP contribution in [0.15, 0.2) is 42.5 Å². The molecule has 124 valence electrons. The van der Waals surface area contributed by atoms with Gasteiger partial charge in [0.25, 0.3) is 0 Å². The Balaban J connectivity index is 1.73. The Morgan fingerprint density at radius 1 is 1.04 bits per heavy atom. The van der Waals surface area contributed by atoms with Gasteiger partial charge in [-0.2, -0.15) is 0 Å². The maximum absolute atomic E-state index is 13.3. The molecule has 1 N–H and O–H groups in total. The minimum Gasteiger partial charge on any atom is -0.445 e. The number of alkyl carbamates (subject to hydrolysis) is 1. The number of carbonyl (C=O) groups is 1. The summed E-state index contributed by atoms with van der Waals surface area (Å²) in [6.45, 7) is 0.338. The standard InChI is InChI=1S/C18H14F3NO2/c19-15-11-17(21)16(20)10-14(15)8-4-5-9-22-18(23)24-12-13-6-2-1-3-7-13/h1-3,6-7,10-11H,5,9,12H2,(H,22,23). The summed E-state index contributed by atoms with van der Waals surface area (Å²) < 4.78 is 44.1. The first-order valence-corrected chi connectivity index (χ1v) is 7.14. The second kappa shape index (κ2) is 8.63. The molecule has 0 aromatic heterocycles. The van der Waals surface area contributed by atoms with Gasteiger partial charge in [-0.3, -0.25) is 0 Å². The normalized spacial score (nSPS) is 9.79. The number of rotatable bonds is 4. The number of carbonyl (C=O) groups excluding carboxylic acids is 1. The van der Waals surface area contributed by atoms with Crippen LogP contribution in [0.3, 0.4) is 0 Å². The van der Waals surface area contributed by atoms with Gasteiger partial charge in [0.1, 0.15) is 12.4 Å². The van der Waals surface area contributed by atoms with E-state index in [4.69, 9.17) is 4.74 Å². The van der Waals surface area contributed by atoms with Gasteiger partial charge in [-0.25, -0.2) is 18.0 Å². The molecule has 6 heteroatoms. The molecule has 0 aliphatic heterocycles. The maximum atomic E-state index is 13.3. The van der Waals surface area contributed by atoms with E-state index in [1.807, 2.05) is 30.3 Å². The summed E-state index contributed by atoms with van der Waals surface area (Å²) in [4.78, 5) is 11.5. The van der Waals surface area contributed by atoms with E-state index in [1.165, 1.54) is 0 Å². The van der Waals surface area contributed by atoms with E-state index in [2.05, 4.69) is 17.2 Å². The summed E-state index contributed by atoms with van der Waals surface area (Å²) in [6.07, 6.45) is -0.390. The van der Waals surface area contributed by atoms with Gasteiger partial charge in [0.05, 0.1) is 5.56 Å². The van der Waals surface area contributed by atoms with Crippen molar-refractivity contribution < 1.29 is 22.7 Å². The summed E-state index contributed by atoms with van der Waals surface area (Å²) in [7, 11) is 0. The zero-order chi connectivity index (χ0) is 17.4. The van der Waals surface area contributed by atoms with Crippen LogP contribution in [0.25, 0.3) is 0 Å². The summed E-state index contributed by atoms with van der Waals surface area (Å²) in [5.41, 5.74) is 0.627. The Morgan fingerprint density at radius 3 is 2.50 bits per heavy atom. The molecular weight excluding hydrogens is 319 g/mol. The van der Waals surface area contributed by atoms with Crippen molar-refractivity contribution in [1.82, 2.24) is 5.32 Å². The molecule has 1 amide bonds. The molecule has 0 atom stereocenters. The number of hydrogen-bond donors (Lipinski definition) is 1. The zero-order valence-corrected chi connectivity index (χ0v) is 12.6. The van der Waals surface area contributed by atoms with Gasteiger partial charge in [0, 0.05) is 19.0 Å². The predicted molar refractivity (Wildman–Crippen MR) is 82.4 cm³/mol. The second-order valence-electron chi connectivity index (χ2n) is 4.79. The lowest BCUT2D eigenvalue weighted by Crippen LogP contribution is -2.24. The third kappa shape index (κ3) is 5.36. The average molecular weight is 333 g/mol. The highest BCUT2D eigenvalue weighted by Crippen LogP contribution is 2.12. The molecule has 0 saturated carbocycles. The summed E-state index contributed by atoms with van der Waals surface area (Å²) >= 11 is 0. The van der Waals surface area contributed by atoms with E-state index in [-0.39, 0.29) is 25.1 Å². The zero-order valence-electron chi connectivity index (χ0n) is 12.6. The van der Waals surface area contributed by atoms with E-state index < -0.39 is 23.5 Å². The molecule has 0 aliphatic rings. The molecule has 0 aliphatic carbocycles. The Hall–Kier alpha value is -2.94. The van der Waals surface area contributed by atoms with Crippen molar-refractivity contribution >= 4 is 6.09 Å². The lowest BCUT2D eigenvalue weighted by atomic mass is 10.2. The van der Waals surface area contributed by atoms with Gasteiger partial charge in [-0.05, 0) is 11.6 Å². The fourth-order valence-corrected chi connectivity index (χ4v) is 1.78. The summed E-state index contributed by atoms with van der Waals surface area (Å²) in [5.74, 6) is 1.60. The van der Waals surface area contributed by atoms with Gasteiger partial charge in [0.2, 0.25) is 0 Å². The number of halogens is 3. The smallest absolute Gasteiger partial charge is 0.407 e. The lowest BCUT2D eigenvalue weighted by Gasteiger charge is -2.05. The number of amides is 1. The quantitative estimate of drug-likeness (QED) is 0.525. The first kappa shape index (κ1) is 17.4. The first-order valence-electron chi connectivity index (χ1n) is 7.14. The Bertz CT molecular complexity index is 767. The topological polar surface area (TPSA) is 38.3 Å². The van der Waals surface area contributed by atoms with E-state index in [0.29, 0.717) is 12.1 Å². The molecule has 0 saturated heterocycles.